The molecule has 0 spiro atoms. The lowest BCUT2D eigenvalue weighted by Gasteiger charge is -2.36. The van der Waals surface area contributed by atoms with E-state index < -0.39 is 0 Å². The van der Waals surface area contributed by atoms with Gasteiger partial charge in [0.2, 0.25) is 0 Å². The number of halogens is 1. The van der Waals surface area contributed by atoms with Crippen molar-refractivity contribution in [1.29, 1.82) is 0 Å². The highest BCUT2D eigenvalue weighted by atomic mass is 35.5. The number of aromatic nitrogens is 6. The van der Waals surface area contributed by atoms with Crippen LogP contribution in [0.25, 0.3) is 21.9 Å². The van der Waals surface area contributed by atoms with Crippen LogP contribution < -0.4 is 0 Å². The molecule has 0 amide bonds. The Morgan fingerprint density at radius 2 is 2.11 bits per heavy atom. The fourth-order valence-electron chi connectivity index (χ4n) is 3.86. The largest absolute Gasteiger partial charge is 0.381 e. The van der Waals surface area contributed by atoms with E-state index in [0.717, 1.165) is 46.3 Å². The van der Waals surface area contributed by atoms with Gasteiger partial charge in [0.05, 0.1) is 29.0 Å². The predicted octanol–water partition coefficient (Wildman–Crippen LogP) is 3.54. The molecule has 3 heterocycles. The highest BCUT2D eigenvalue weighted by Crippen LogP contribution is 2.39. The van der Waals surface area contributed by atoms with Crippen LogP contribution in [0.2, 0.25) is 5.02 Å². The number of methoxy groups -OCH3 is 1. The van der Waals surface area contributed by atoms with Crippen molar-refractivity contribution in [3.8, 4) is 0 Å². The molecular formula is C19H19ClN6O. The number of hydrogen-bond donors (Lipinski definition) is 0. The van der Waals surface area contributed by atoms with E-state index in [0.29, 0.717) is 23.7 Å². The average Bonchev–Trinajstić information content (AvgIpc) is 3.18. The molecule has 0 unspecified atom stereocenters. The fourth-order valence-corrected chi connectivity index (χ4v) is 4.03. The molecule has 1 aromatic carbocycles. The molecule has 138 valence electrons. The standard InChI is InChI=1S/C19H19ClN6O/c1-11-9-25(24-23-11)10-18-22-17-8-21-16-4-3-12(20)5-15(16)19(17)26(18)13-6-14(7-13)27-2/h3-5,8-9,13-14H,6-7,10H2,1-2H3/t13-,14+. The molecule has 1 saturated carbocycles. The predicted molar refractivity (Wildman–Crippen MR) is 103 cm³/mol. The average molecular weight is 383 g/mol. The highest BCUT2D eigenvalue weighted by Gasteiger charge is 2.33. The van der Waals surface area contributed by atoms with Gasteiger partial charge in [-0.3, -0.25) is 4.98 Å². The highest BCUT2D eigenvalue weighted by molar-refractivity contribution is 6.31. The molecule has 27 heavy (non-hydrogen) atoms. The number of benzene rings is 1. The molecule has 1 aliphatic carbocycles. The molecule has 0 bridgehead atoms. The Kier molecular flexibility index (Phi) is 3.87. The normalized spacial score (nSPS) is 19.7. The first kappa shape index (κ1) is 16.6. The van der Waals surface area contributed by atoms with Crippen LogP contribution in [0.4, 0.5) is 0 Å². The lowest BCUT2D eigenvalue weighted by molar-refractivity contribution is 0.00654. The summed E-state index contributed by atoms with van der Waals surface area (Å²) in [5.74, 6) is 0.948. The molecular weight excluding hydrogens is 364 g/mol. The maximum absolute atomic E-state index is 6.28. The zero-order valence-corrected chi connectivity index (χ0v) is 15.9. The summed E-state index contributed by atoms with van der Waals surface area (Å²) in [6, 6.07) is 6.13. The van der Waals surface area contributed by atoms with Crippen LogP contribution in [0.15, 0.2) is 30.6 Å². The summed E-state index contributed by atoms with van der Waals surface area (Å²) in [6.45, 7) is 2.49. The minimum Gasteiger partial charge on any atom is -0.381 e. The zero-order chi connectivity index (χ0) is 18.5. The van der Waals surface area contributed by atoms with Gasteiger partial charge in [0.1, 0.15) is 17.9 Å². The third-order valence-electron chi connectivity index (χ3n) is 5.28. The monoisotopic (exact) mass is 382 g/mol. The Hall–Kier alpha value is -2.51. The van der Waals surface area contributed by atoms with Crippen LogP contribution in [-0.2, 0) is 11.3 Å². The number of imidazole rings is 1. The first-order chi connectivity index (χ1) is 13.1. The van der Waals surface area contributed by atoms with Gasteiger partial charge < -0.3 is 9.30 Å². The second-order valence-corrected chi connectivity index (χ2v) is 7.53. The van der Waals surface area contributed by atoms with Gasteiger partial charge in [-0.2, -0.15) is 0 Å². The zero-order valence-electron chi connectivity index (χ0n) is 15.1. The van der Waals surface area contributed by atoms with E-state index in [1.807, 2.05) is 42.2 Å². The van der Waals surface area contributed by atoms with Crippen molar-refractivity contribution in [2.45, 2.75) is 38.5 Å². The number of hydrogen-bond acceptors (Lipinski definition) is 5. The van der Waals surface area contributed by atoms with E-state index in [1.165, 1.54) is 0 Å². The Morgan fingerprint density at radius 3 is 2.85 bits per heavy atom. The van der Waals surface area contributed by atoms with E-state index in [4.69, 9.17) is 21.3 Å². The molecule has 5 rings (SSSR count). The smallest absolute Gasteiger partial charge is 0.132 e. The molecule has 7 nitrogen and oxygen atoms in total. The van der Waals surface area contributed by atoms with Gasteiger partial charge >= 0.3 is 0 Å². The van der Waals surface area contributed by atoms with Crippen molar-refractivity contribution in [1.82, 2.24) is 29.5 Å². The summed E-state index contributed by atoms with van der Waals surface area (Å²) < 4.78 is 9.64. The molecule has 1 aliphatic rings. The second-order valence-electron chi connectivity index (χ2n) is 7.09. The SMILES string of the molecule is CO[C@H]1C[C@@H](n2c(Cn3cc(C)nn3)nc3cnc4ccc(Cl)cc4c32)C1. The third-order valence-corrected chi connectivity index (χ3v) is 5.51. The molecule has 8 heteroatoms. The number of rotatable bonds is 4. The fraction of sp³-hybridized carbons (Fsp3) is 0.368. The molecule has 3 aromatic heterocycles. The van der Waals surface area contributed by atoms with Crippen molar-refractivity contribution in [2.75, 3.05) is 7.11 Å². The van der Waals surface area contributed by atoms with E-state index in [2.05, 4.69) is 19.9 Å². The van der Waals surface area contributed by atoms with Crippen LogP contribution in [-0.4, -0.2) is 42.7 Å². The van der Waals surface area contributed by atoms with E-state index in [1.54, 1.807) is 7.11 Å². The first-order valence-electron chi connectivity index (χ1n) is 8.97. The quantitative estimate of drug-likeness (QED) is 0.540. The van der Waals surface area contributed by atoms with E-state index in [-0.39, 0.29) is 0 Å². The minimum absolute atomic E-state index is 0.297. The number of aryl methyl sites for hydroxylation is 1. The van der Waals surface area contributed by atoms with Crippen LogP contribution in [0.5, 0.6) is 0 Å². The number of ether oxygens (including phenoxy) is 1. The van der Waals surface area contributed by atoms with Gasteiger partial charge in [0, 0.05) is 29.8 Å². The maximum atomic E-state index is 6.28. The summed E-state index contributed by atoms with van der Waals surface area (Å²) in [6.07, 6.45) is 6.00. The van der Waals surface area contributed by atoms with Crippen LogP contribution in [0.3, 0.4) is 0 Å². The Morgan fingerprint density at radius 1 is 1.26 bits per heavy atom. The molecule has 4 aromatic rings. The molecule has 0 aliphatic heterocycles. The van der Waals surface area contributed by atoms with E-state index >= 15 is 0 Å². The van der Waals surface area contributed by atoms with Gasteiger partial charge in [-0.25, -0.2) is 9.67 Å². The van der Waals surface area contributed by atoms with Crippen molar-refractivity contribution in [3.05, 3.63) is 47.1 Å². The topological polar surface area (TPSA) is 70.7 Å². The van der Waals surface area contributed by atoms with Gasteiger partial charge in [-0.1, -0.05) is 16.8 Å². The van der Waals surface area contributed by atoms with Crippen LogP contribution >= 0.6 is 11.6 Å². The summed E-state index contributed by atoms with van der Waals surface area (Å²) in [5, 5.41) is 9.99. The van der Waals surface area contributed by atoms with Gasteiger partial charge in [-0.05, 0) is 38.0 Å². The number of nitrogens with zero attached hydrogens (tertiary/aromatic N) is 6. The van der Waals surface area contributed by atoms with E-state index in [9.17, 15) is 0 Å². The maximum Gasteiger partial charge on any atom is 0.132 e. The van der Waals surface area contributed by atoms with Crippen LogP contribution in [0.1, 0.15) is 30.4 Å². The molecule has 0 atom stereocenters. The third kappa shape index (κ3) is 2.78. The van der Waals surface area contributed by atoms with Crippen molar-refractivity contribution >= 4 is 33.5 Å². The summed E-state index contributed by atoms with van der Waals surface area (Å²) in [4.78, 5) is 9.44. The van der Waals surface area contributed by atoms with Gasteiger partial charge in [0.25, 0.3) is 0 Å². The number of pyridine rings is 1. The summed E-state index contributed by atoms with van der Waals surface area (Å²) >= 11 is 6.28. The van der Waals surface area contributed by atoms with Gasteiger partial charge in [-0.15, -0.1) is 5.10 Å². The number of fused-ring (bicyclic) bond motifs is 3. The summed E-state index contributed by atoms with van der Waals surface area (Å²) in [7, 11) is 1.77. The molecule has 0 radical (unpaired) electrons. The Labute approximate surface area is 160 Å². The second kappa shape index (κ2) is 6.28. The summed E-state index contributed by atoms with van der Waals surface area (Å²) in [5.41, 5.74) is 3.75. The molecule has 0 saturated heterocycles. The van der Waals surface area contributed by atoms with Gasteiger partial charge in [0.15, 0.2) is 0 Å². The van der Waals surface area contributed by atoms with Crippen molar-refractivity contribution in [2.24, 2.45) is 0 Å². The lowest BCUT2D eigenvalue weighted by atomic mass is 9.88. The minimum atomic E-state index is 0.297. The Balaban J connectivity index is 1.71. The Bertz CT molecular complexity index is 1140. The van der Waals surface area contributed by atoms with Crippen LogP contribution in [0, 0.1) is 6.92 Å². The molecule has 0 N–H and O–H groups in total. The first-order valence-corrected chi connectivity index (χ1v) is 9.35. The van der Waals surface area contributed by atoms with Crippen molar-refractivity contribution in [3.63, 3.8) is 0 Å². The lowest BCUT2D eigenvalue weighted by Crippen LogP contribution is -2.33. The van der Waals surface area contributed by atoms with Crippen molar-refractivity contribution < 1.29 is 4.74 Å². The molecule has 1 fully saturated rings.